The molecule has 0 bridgehead atoms. The molecule has 1 aromatic heterocycles. The van der Waals surface area contributed by atoms with Gasteiger partial charge < -0.3 is 56.2 Å². The lowest BCUT2D eigenvalue weighted by Crippen LogP contribution is -2.60. The topological polar surface area (TPSA) is 277 Å². The molecule has 364 valence electrons. The molecule has 65 heavy (non-hydrogen) atoms. The molecule has 3 heterocycles. The summed E-state index contributed by atoms with van der Waals surface area (Å²) in [6, 6.07) is -8.00. The first-order chi connectivity index (χ1) is 30.4. The molecule has 3 rings (SSSR count). The Morgan fingerprint density at radius 3 is 2.14 bits per heavy atom. The van der Waals surface area contributed by atoms with Crippen molar-refractivity contribution in [1.82, 2.24) is 51.7 Å². The highest BCUT2D eigenvalue weighted by atomic mass is 16.6. The minimum Gasteiger partial charge on any atom is -0.467 e. The number of carbonyl (C=O) groups excluding carboxylic acids is 9. The van der Waals surface area contributed by atoms with Crippen LogP contribution in [-0.2, 0) is 61.3 Å². The molecule has 0 unspecified atom stereocenters. The minimum absolute atomic E-state index is 0.00296. The standard InChI is InChI=1S/C44H72N10O11/c1-24(2)19-30-38(58)48-29(37(57)52-35(26(5)6)42(62)64-11)16-13-12-15-28(49-39(59)31(20-27-21-45-23-53(27)10)50-43(63)65-44(7,8)9)36(56)51-34(25(3)4)41(61)54-18-14-17-32(54)40(60)46-22-33(55)47-30/h21,23-26,28-32,34-35H,12-20,22H2,1-11H3,(H,46,60)(H,47,55)(H,48,58)(H,49,59)(H,50,63)(H,51,56)(H,52,57)/t28-,29-,30-,31-,32+,34-,35-/m0/s1. The van der Waals surface area contributed by atoms with E-state index in [1.807, 2.05) is 13.8 Å². The van der Waals surface area contributed by atoms with Crippen LogP contribution < -0.4 is 37.2 Å². The second kappa shape index (κ2) is 24.5. The summed E-state index contributed by atoms with van der Waals surface area (Å²) in [7, 11) is 2.91. The number of aryl methyl sites for hydroxylation is 1. The van der Waals surface area contributed by atoms with E-state index in [2.05, 4.69) is 42.2 Å². The smallest absolute Gasteiger partial charge is 0.408 e. The van der Waals surface area contributed by atoms with Crippen LogP contribution in [0.4, 0.5) is 4.79 Å². The van der Waals surface area contributed by atoms with Gasteiger partial charge in [-0.15, -0.1) is 0 Å². The number of ether oxygens (including phenoxy) is 2. The molecule has 0 saturated carbocycles. The first-order valence-corrected chi connectivity index (χ1v) is 22.5. The fourth-order valence-electron chi connectivity index (χ4n) is 7.59. The number of nitrogens with one attached hydrogen (secondary N) is 7. The van der Waals surface area contributed by atoms with E-state index in [1.165, 1.54) is 24.5 Å². The lowest BCUT2D eigenvalue weighted by Gasteiger charge is -2.32. The van der Waals surface area contributed by atoms with E-state index in [1.54, 1.807) is 60.1 Å². The van der Waals surface area contributed by atoms with Crippen LogP contribution in [-0.4, -0.2) is 136 Å². The molecule has 2 aliphatic rings. The van der Waals surface area contributed by atoms with Gasteiger partial charge in [0.25, 0.3) is 0 Å². The number of amides is 8. The summed E-state index contributed by atoms with van der Waals surface area (Å²) < 4.78 is 12.0. The van der Waals surface area contributed by atoms with Crippen LogP contribution in [0.5, 0.6) is 0 Å². The SMILES string of the molecule is COC(=O)[C@@H](NC(=O)[C@@H]1CCCC[C@H](NC(=O)[C@H](Cc2cncn2C)NC(=O)OC(C)(C)C)C(=O)N[C@@H](C(C)C)C(=O)N2CCC[C@@H]2C(=O)NCC(=O)N[C@@H](CC(C)C)C(=O)N1)C(C)C. The van der Waals surface area contributed by atoms with Gasteiger partial charge in [-0.3, -0.25) is 33.6 Å². The summed E-state index contributed by atoms with van der Waals surface area (Å²) >= 11 is 0. The summed E-state index contributed by atoms with van der Waals surface area (Å²) in [6.07, 6.45) is 3.50. The van der Waals surface area contributed by atoms with Gasteiger partial charge >= 0.3 is 12.1 Å². The number of alkyl carbamates (subject to hydrolysis) is 1. The Kier molecular flexibility index (Phi) is 20.2. The number of hydrogen-bond donors (Lipinski definition) is 7. The van der Waals surface area contributed by atoms with Crippen molar-refractivity contribution in [2.75, 3.05) is 20.2 Å². The molecule has 0 radical (unpaired) electrons. The third-order valence-electron chi connectivity index (χ3n) is 11.1. The fourth-order valence-corrected chi connectivity index (χ4v) is 7.59. The van der Waals surface area contributed by atoms with Crippen molar-refractivity contribution in [3.05, 3.63) is 18.2 Å². The number of aromatic nitrogens is 2. The molecule has 0 aliphatic carbocycles. The maximum absolute atomic E-state index is 14.4. The number of rotatable bonds is 12. The van der Waals surface area contributed by atoms with Crippen molar-refractivity contribution in [3.8, 4) is 0 Å². The fraction of sp³-hybridized carbons (Fsp3) is 0.727. The minimum atomic E-state index is -1.29. The van der Waals surface area contributed by atoms with Gasteiger partial charge in [-0.05, 0) is 70.6 Å². The molecule has 7 atom stereocenters. The van der Waals surface area contributed by atoms with Crippen molar-refractivity contribution in [2.45, 2.75) is 162 Å². The van der Waals surface area contributed by atoms with Crippen LogP contribution in [0.15, 0.2) is 12.5 Å². The number of imidazole rings is 1. The largest absolute Gasteiger partial charge is 0.467 e. The molecule has 1 aromatic rings. The summed E-state index contributed by atoms with van der Waals surface area (Å²) in [5, 5.41) is 18.9. The van der Waals surface area contributed by atoms with Gasteiger partial charge in [0.2, 0.25) is 41.4 Å². The van der Waals surface area contributed by atoms with Crippen molar-refractivity contribution >= 4 is 53.4 Å². The Morgan fingerprint density at radius 2 is 1.55 bits per heavy atom. The molecule has 21 heteroatoms. The lowest BCUT2D eigenvalue weighted by molar-refractivity contribution is -0.146. The molecule has 2 aliphatic heterocycles. The monoisotopic (exact) mass is 917 g/mol. The van der Waals surface area contributed by atoms with Crippen molar-refractivity contribution in [2.24, 2.45) is 24.8 Å². The average Bonchev–Trinajstić information content (AvgIpc) is 3.87. The lowest BCUT2D eigenvalue weighted by atomic mass is 9.98. The first-order valence-electron chi connectivity index (χ1n) is 22.5. The van der Waals surface area contributed by atoms with Crippen molar-refractivity contribution < 1.29 is 52.6 Å². The summed E-state index contributed by atoms with van der Waals surface area (Å²) in [5.41, 5.74) is -0.304. The Hall–Kier alpha value is -5.76. The van der Waals surface area contributed by atoms with Crippen LogP contribution in [0.3, 0.4) is 0 Å². The molecule has 2 fully saturated rings. The van der Waals surface area contributed by atoms with Crippen LogP contribution in [0, 0.1) is 17.8 Å². The number of methoxy groups -OCH3 is 1. The maximum atomic E-state index is 14.4. The third kappa shape index (κ3) is 16.6. The Balaban J connectivity index is 2.06. The van der Waals surface area contributed by atoms with Gasteiger partial charge in [0.15, 0.2) is 0 Å². The van der Waals surface area contributed by atoms with Crippen LogP contribution in [0.25, 0.3) is 0 Å². The maximum Gasteiger partial charge on any atom is 0.408 e. The Bertz CT molecular complexity index is 1860. The predicted octanol–water partition coefficient (Wildman–Crippen LogP) is 0.492. The predicted molar refractivity (Wildman–Crippen MR) is 237 cm³/mol. The zero-order valence-electron chi connectivity index (χ0n) is 39.8. The van der Waals surface area contributed by atoms with E-state index in [-0.39, 0.29) is 56.9 Å². The molecule has 0 spiro atoms. The van der Waals surface area contributed by atoms with E-state index >= 15 is 0 Å². The van der Waals surface area contributed by atoms with Crippen LogP contribution in [0.2, 0.25) is 0 Å². The highest BCUT2D eigenvalue weighted by molar-refractivity contribution is 5.97. The summed E-state index contributed by atoms with van der Waals surface area (Å²) in [6.45, 7) is 15.3. The summed E-state index contributed by atoms with van der Waals surface area (Å²) in [4.78, 5) is 129. The van der Waals surface area contributed by atoms with Gasteiger partial charge in [0.05, 0.1) is 20.0 Å². The second-order valence-electron chi connectivity index (χ2n) is 18.9. The number of esters is 1. The molecular formula is C44H72N10O11. The van der Waals surface area contributed by atoms with Gasteiger partial charge in [0, 0.05) is 31.9 Å². The van der Waals surface area contributed by atoms with E-state index in [0.717, 1.165) is 0 Å². The van der Waals surface area contributed by atoms with Gasteiger partial charge in [-0.2, -0.15) is 0 Å². The zero-order valence-corrected chi connectivity index (χ0v) is 39.8. The van der Waals surface area contributed by atoms with E-state index < -0.39 is 114 Å². The molecule has 7 N–H and O–H groups in total. The average molecular weight is 917 g/mol. The number of fused-ring (bicyclic) bond motifs is 1. The Morgan fingerprint density at radius 1 is 0.877 bits per heavy atom. The van der Waals surface area contributed by atoms with Crippen LogP contribution in [0.1, 0.15) is 113 Å². The van der Waals surface area contributed by atoms with E-state index in [9.17, 15) is 43.2 Å². The van der Waals surface area contributed by atoms with Crippen molar-refractivity contribution in [1.29, 1.82) is 0 Å². The van der Waals surface area contributed by atoms with Crippen LogP contribution >= 0.6 is 0 Å². The number of carbonyl (C=O) groups is 9. The molecule has 0 aromatic carbocycles. The van der Waals surface area contributed by atoms with E-state index in [0.29, 0.717) is 18.5 Å². The first kappa shape index (κ1) is 53.6. The highest BCUT2D eigenvalue weighted by Crippen LogP contribution is 2.21. The third-order valence-corrected chi connectivity index (χ3v) is 11.1. The van der Waals surface area contributed by atoms with Gasteiger partial charge in [-0.1, -0.05) is 54.4 Å². The number of nitrogens with zero attached hydrogens (tertiary/aromatic N) is 3. The molecule has 8 amide bonds. The molecule has 2 saturated heterocycles. The number of hydrogen-bond acceptors (Lipinski definition) is 12. The highest BCUT2D eigenvalue weighted by Gasteiger charge is 2.40. The van der Waals surface area contributed by atoms with E-state index in [4.69, 9.17) is 9.47 Å². The van der Waals surface area contributed by atoms with Gasteiger partial charge in [-0.25, -0.2) is 14.6 Å². The summed E-state index contributed by atoms with van der Waals surface area (Å²) in [5.74, 6) is -6.24. The van der Waals surface area contributed by atoms with Gasteiger partial charge in [0.1, 0.15) is 47.9 Å². The quantitative estimate of drug-likeness (QED) is 0.141. The zero-order chi connectivity index (χ0) is 48.8. The van der Waals surface area contributed by atoms with Crippen molar-refractivity contribution in [3.63, 3.8) is 0 Å². The molecular weight excluding hydrogens is 845 g/mol. The molecule has 21 nitrogen and oxygen atoms in total. The Labute approximate surface area is 381 Å². The second-order valence-corrected chi connectivity index (χ2v) is 18.9. The normalized spacial score (nSPS) is 23.0.